The summed E-state index contributed by atoms with van der Waals surface area (Å²) in [5.41, 5.74) is 2.08. The third-order valence-electron chi connectivity index (χ3n) is 1.66. The fraction of sp³-hybridized carbons (Fsp3) is 0.300. The van der Waals surface area contributed by atoms with Gasteiger partial charge >= 0.3 is 5.97 Å². The first kappa shape index (κ1) is 10.1. The largest absolute Gasteiger partial charge is 0.425 e. The molecule has 0 aromatic heterocycles. The number of alkyl halides is 1. The van der Waals surface area contributed by atoms with Gasteiger partial charge in [-0.15, -0.1) is 11.6 Å². The minimum absolute atomic E-state index is 0.118. The van der Waals surface area contributed by atoms with Gasteiger partial charge in [0, 0.05) is 0 Å². The van der Waals surface area contributed by atoms with Crippen molar-refractivity contribution in [1.29, 1.82) is 0 Å². The van der Waals surface area contributed by atoms with E-state index in [1.54, 1.807) is 6.07 Å². The van der Waals surface area contributed by atoms with Crippen molar-refractivity contribution in [3.8, 4) is 5.75 Å². The molecule has 0 atom stereocenters. The van der Waals surface area contributed by atoms with Crippen LogP contribution in [0.15, 0.2) is 18.2 Å². The molecule has 0 N–H and O–H groups in total. The maximum atomic E-state index is 10.9. The predicted octanol–water partition coefficient (Wildman–Crippen LogP) is 2.45. The number of esters is 1. The molecule has 70 valence electrons. The van der Waals surface area contributed by atoms with Crippen molar-refractivity contribution in [1.82, 2.24) is 0 Å². The predicted molar refractivity (Wildman–Crippen MR) is 52.3 cm³/mol. The van der Waals surface area contributed by atoms with Crippen molar-refractivity contribution in [3.05, 3.63) is 29.3 Å². The Morgan fingerprint density at radius 2 is 2.15 bits per heavy atom. The second-order valence-electron chi connectivity index (χ2n) is 2.88. The molecule has 0 fully saturated rings. The molecule has 2 nitrogen and oxygen atoms in total. The summed E-state index contributed by atoms with van der Waals surface area (Å²) in [6.45, 7) is 3.88. The number of carbonyl (C=O) groups is 1. The van der Waals surface area contributed by atoms with Gasteiger partial charge in [0.2, 0.25) is 0 Å². The van der Waals surface area contributed by atoms with Gasteiger partial charge in [-0.1, -0.05) is 17.7 Å². The van der Waals surface area contributed by atoms with Crippen LogP contribution < -0.4 is 4.74 Å². The number of rotatable bonds is 2. The van der Waals surface area contributed by atoms with E-state index in [2.05, 4.69) is 0 Å². The Hall–Kier alpha value is -1.02. The molecule has 0 aliphatic heterocycles. The van der Waals surface area contributed by atoms with Gasteiger partial charge in [0.1, 0.15) is 11.6 Å². The standard InChI is InChI=1S/C10H11ClO2/c1-7-3-4-9(8(2)5-7)13-10(12)6-11/h3-5H,6H2,1-2H3. The van der Waals surface area contributed by atoms with Crippen molar-refractivity contribution < 1.29 is 9.53 Å². The normalized spacial score (nSPS) is 9.77. The lowest BCUT2D eigenvalue weighted by atomic mass is 10.1. The summed E-state index contributed by atoms with van der Waals surface area (Å²) < 4.78 is 4.98. The van der Waals surface area contributed by atoms with Gasteiger partial charge in [-0.3, -0.25) is 4.79 Å². The first-order valence-electron chi connectivity index (χ1n) is 3.97. The number of aryl methyl sites for hydroxylation is 2. The molecule has 0 saturated carbocycles. The summed E-state index contributed by atoms with van der Waals surface area (Å²) in [6.07, 6.45) is 0. The van der Waals surface area contributed by atoms with Gasteiger partial charge in [0.25, 0.3) is 0 Å². The highest BCUT2D eigenvalue weighted by molar-refractivity contribution is 6.26. The zero-order valence-corrected chi connectivity index (χ0v) is 8.39. The molecule has 13 heavy (non-hydrogen) atoms. The second-order valence-corrected chi connectivity index (χ2v) is 3.14. The number of halogens is 1. The van der Waals surface area contributed by atoms with E-state index in [0.717, 1.165) is 11.1 Å². The minimum Gasteiger partial charge on any atom is -0.425 e. The van der Waals surface area contributed by atoms with Gasteiger partial charge in [0.15, 0.2) is 0 Å². The highest BCUT2D eigenvalue weighted by atomic mass is 35.5. The Bertz CT molecular complexity index is 321. The zero-order chi connectivity index (χ0) is 9.84. The van der Waals surface area contributed by atoms with Crippen molar-refractivity contribution in [2.45, 2.75) is 13.8 Å². The van der Waals surface area contributed by atoms with Crippen LogP contribution >= 0.6 is 11.6 Å². The Balaban J connectivity index is 2.83. The summed E-state index contributed by atoms with van der Waals surface area (Å²) in [4.78, 5) is 10.9. The molecule has 0 aliphatic rings. The van der Waals surface area contributed by atoms with E-state index in [4.69, 9.17) is 16.3 Å². The fourth-order valence-corrected chi connectivity index (χ4v) is 1.12. The first-order chi connectivity index (χ1) is 6.13. The molecule has 1 aromatic rings. The SMILES string of the molecule is Cc1ccc(OC(=O)CCl)c(C)c1. The highest BCUT2D eigenvalue weighted by Crippen LogP contribution is 2.18. The quantitative estimate of drug-likeness (QED) is 0.415. The second kappa shape index (κ2) is 4.28. The monoisotopic (exact) mass is 198 g/mol. The Labute approximate surface area is 82.5 Å². The summed E-state index contributed by atoms with van der Waals surface area (Å²) >= 11 is 5.31. The Kier molecular flexibility index (Phi) is 3.32. The van der Waals surface area contributed by atoms with Crippen LogP contribution in [0.3, 0.4) is 0 Å². The molecule has 0 spiro atoms. The summed E-state index contributed by atoms with van der Waals surface area (Å²) in [6, 6.07) is 5.62. The number of carbonyl (C=O) groups excluding carboxylic acids is 1. The molecule has 0 amide bonds. The van der Waals surface area contributed by atoms with E-state index < -0.39 is 5.97 Å². The maximum Gasteiger partial charge on any atom is 0.326 e. The van der Waals surface area contributed by atoms with E-state index in [1.807, 2.05) is 26.0 Å². The number of hydrogen-bond donors (Lipinski definition) is 0. The van der Waals surface area contributed by atoms with E-state index >= 15 is 0 Å². The van der Waals surface area contributed by atoms with Crippen LogP contribution in [0.25, 0.3) is 0 Å². The average molecular weight is 199 g/mol. The zero-order valence-electron chi connectivity index (χ0n) is 7.63. The van der Waals surface area contributed by atoms with Crippen LogP contribution in [0, 0.1) is 13.8 Å². The Morgan fingerprint density at radius 1 is 1.46 bits per heavy atom. The van der Waals surface area contributed by atoms with E-state index in [-0.39, 0.29) is 5.88 Å². The molecule has 0 bridgehead atoms. The smallest absolute Gasteiger partial charge is 0.326 e. The lowest BCUT2D eigenvalue weighted by Crippen LogP contribution is -2.09. The van der Waals surface area contributed by atoms with Crippen LogP contribution in [0.4, 0.5) is 0 Å². The van der Waals surface area contributed by atoms with Crippen molar-refractivity contribution in [2.75, 3.05) is 5.88 Å². The molecule has 1 rings (SSSR count). The van der Waals surface area contributed by atoms with Crippen LogP contribution in [-0.4, -0.2) is 11.8 Å². The maximum absolute atomic E-state index is 10.9. The molecule has 0 radical (unpaired) electrons. The number of benzene rings is 1. The van der Waals surface area contributed by atoms with Crippen LogP contribution in [0.1, 0.15) is 11.1 Å². The third kappa shape index (κ3) is 2.74. The molecular weight excluding hydrogens is 188 g/mol. The molecule has 0 unspecified atom stereocenters. The van der Waals surface area contributed by atoms with Gasteiger partial charge in [0.05, 0.1) is 0 Å². The summed E-state index contributed by atoms with van der Waals surface area (Å²) in [5, 5.41) is 0. The highest BCUT2D eigenvalue weighted by Gasteiger charge is 2.04. The minimum atomic E-state index is -0.423. The molecule has 0 saturated heterocycles. The fourth-order valence-electron chi connectivity index (χ4n) is 1.06. The van der Waals surface area contributed by atoms with Crippen LogP contribution in [0.2, 0.25) is 0 Å². The molecule has 3 heteroatoms. The third-order valence-corrected chi connectivity index (χ3v) is 1.88. The first-order valence-corrected chi connectivity index (χ1v) is 4.51. The van der Waals surface area contributed by atoms with Gasteiger partial charge in [-0.2, -0.15) is 0 Å². The van der Waals surface area contributed by atoms with Crippen molar-refractivity contribution in [3.63, 3.8) is 0 Å². The number of ether oxygens (including phenoxy) is 1. The lowest BCUT2D eigenvalue weighted by Gasteiger charge is -2.05. The molecule has 0 heterocycles. The summed E-state index contributed by atoms with van der Waals surface area (Å²) in [7, 11) is 0. The van der Waals surface area contributed by atoms with Crippen LogP contribution in [-0.2, 0) is 4.79 Å². The topological polar surface area (TPSA) is 26.3 Å². The van der Waals surface area contributed by atoms with Crippen LogP contribution in [0.5, 0.6) is 5.75 Å². The Morgan fingerprint density at radius 3 is 2.69 bits per heavy atom. The van der Waals surface area contributed by atoms with Gasteiger partial charge in [-0.05, 0) is 25.5 Å². The molecule has 0 aliphatic carbocycles. The van der Waals surface area contributed by atoms with E-state index in [9.17, 15) is 4.79 Å². The number of hydrogen-bond acceptors (Lipinski definition) is 2. The summed E-state index contributed by atoms with van der Waals surface area (Å²) in [5.74, 6) is 0.0395. The molecular formula is C10H11ClO2. The van der Waals surface area contributed by atoms with Gasteiger partial charge in [-0.25, -0.2) is 0 Å². The van der Waals surface area contributed by atoms with Crippen molar-refractivity contribution in [2.24, 2.45) is 0 Å². The van der Waals surface area contributed by atoms with Crippen molar-refractivity contribution >= 4 is 17.6 Å². The molecule has 1 aromatic carbocycles. The average Bonchev–Trinajstić information content (AvgIpc) is 2.09. The van der Waals surface area contributed by atoms with E-state index in [0.29, 0.717) is 5.75 Å². The lowest BCUT2D eigenvalue weighted by molar-refractivity contribution is -0.131. The van der Waals surface area contributed by atoms with E-state index in [1.165, 1.54) is 0 Å². The van der Waals surface area contributed by atoms with Gasteiger partial charge < -0.3 is 4.74 Å².